The van der Waals surface area contributed by atoms with Crippen molar-refractivity contribution in [3.8, 4) is 16.8 Å². The van der Waals surface area contributed by atoms with Gasteiger partial charge in [0.1, 0.15) is 16.7 Å². The molecule has 0 fully saturated rings. The maximum absolute atomic E-state index is 7.23. The summed E-state index contributed by atoms with van der Waals surface area (Å²) in [5.74, 6) is 0. The summed E-state index contributed by atoms with van der Waals surface area (Å²) < 4.78 is 16.9. The van der Waals surface area contributed by atoms with Crippen molar-refractivity contribution < 1.29 is 8.83 Å². The number of furan rings is 2. The second-order valence-corrected chi connectivity index (χ2v) is 25.8. The molecular formula is C70H64BN3O2. The lowest BCUT2D eigenvalue weighted by atomic mass is 9.43. The summed E-state index contributed by atoms with van der Waals surface area (Å²) in [5, 5.41) is 6.97. The van der Waals surface area contributed by atoms with Gasteiger partial charge in [0.05, 0.1) is 16.7 Å². The summed E-state index contributed by atoms with van der Waals surface area (Å²) in [6, 6.07) is 64.0. The van der Waals surface area contributed by atoms with Crippen LogP contribution in [0.2, 0.25) is 0 Å². The zero-order chi connectivity index (χ0) is 52.5. The molecule has 3 aromatic heterocycles. The molecule has 6 heteroatoms. The van der Waals surface area contributed by atoms with E-state index in [2.05, 4.69) is 267 Å². The molecule has 2 aliphatic rings. The Hall–Kier alpha value is -7.96. The highest BCUT2D eigenvalue weighted by Gasteiger charge is 2.47. The SMILES string of the molecule is CC(C)(C)c1ccc(N(c2ccc(C(C)(C)C)cc2)c2ccc3c(c2)N(c2cccc4c2oc2ccccc24)B2c4c(cc5c(oc6ccccc65)c4-3)-n3c4ccc(C(C)(C)C)cc4c4cc(C(C)(C)C)cc2c43)cc1. The van der Waals surface area contributed by atoms with Crippen molar-refractivity contribution >= 4 is 112 Å². The second-order valence-electron chi connectivity index (χ2n) is 25.8. The van der Waals surface area contributed by atoms with Gasteiger partial charge in [-0.25, -0.2) is 0 Å². The van der Waals surface area contributed by atoms with Gasteiger partial charge in [-0.1, -0.05) is 174 Å². The Bertz CT molecular complexity index is 4330. The minimum absolute atomic E-state index is 0.00619. The number of hydrogen-bond donors (Lipinski definition) is 0. The lowest BCUT2D eigenvalue weighted by molar-refractivity contribution is 0.590. The molecule has 0 saturated carbocycles. The quantitative estimate of drug-likeness (QED) is 0.165. The van der Waals surface area contributed by atoms with E-state index in [4.69, 9.17) is 8.83 Å². The number of fused-ring (bicyclic) bond motifs is 14. The predicted octanol–water partition coefficient (Wildman–Crippen LogP) is 18.5. The average molecular weight is 990 g/mol. The summed E-state index contributed by atoms with van der Waals surface area (Å²) in [5.41, 5.74) is 22.3. The third-order valence-corrected chi connectivity index (χ3v) is 16.8. The fourth-order valence-corrected chi connectivity index (χ4v) is 12.6. The Morgan fingerprint density at radius 3 is 1.55 bits per heavy atom. The van der Waals surface area contributed by atoms with E-state index in [1.54, 1.807) is 0 Å². The van der Waals surface area contributed by atoms with Gasteiger partial charge in [0, 0.05) is 71.9 Å². The van der Waals surface area contributed by atoms with Crippen LogP contribution >= 0.6 is 0 Å². The summed E-state index contributed by atoms with van der Waals surface area (Å²) in [4.78, 5) is 5.07. The smallest absolute Gasteiger partial charge is 0.333 e. The van der Waals surface area contributed by atoms with Crippen LogP contribution < -0.4 is 20.6 Å². The molecule has 0 radical (unpaired) electrons. The number of para-hydroxylation sites is 3. The van der Waals surface area contributed by atoms with E-state index < -0.39 is 0 Å². The minimum Gasteiger partial charge on any atom is -0.455 e. The van der Waals surface area contributed by atoms with Gasteiger partial charge in [-0.15, -0.1) is 0 Å². The molecule has 0 N–H and O–H groups in total. The molecule has 9 aromatic carbocycles. The first-order valence-electron chi connectivity index (χ1n) is 27.2. The number of hydrogen-bond acceptors (Lipinski definition) is 4. The van der Waals surface area contributed by atoms with Crippen LogP contribution in [0.25, 0.3) is 82.5 Å². The Morgan fingerprint density at radius 1 is 0.395 bits per heavy atom. The highest BCUT2D eigenvalue weighted by Crippen LogP contribution is 2.52. The van der Waals surface area contributed by atoms with Crippen LogP contribution in [0.1, 0.15) is 105 Å². The molecule has 2 aliphatic heterocycles. The Labute approximate surface area is 446 Å². The number of aromatic nitrogens is 1. The van der Waals surface area contributed by atoms with Crippen LogP contribution in [0.15, 0.2) is 179 Å². The summed E-state index contributed by atoms with van der Waals surface area (Å²) >= 11 is 0. The van der Waals surface area contributed by atoms with Crippen molar-refractivity contribution in [3.63, 3.8) is 0 Å². The van der Waals surface area contributed by atoms with Crippen LogP contribution in [0.4, 0.5) is 28.4 Å². The molecule has 14 rings (SSSR count). The van der Waals surface area contributed by atoms with E-state index in [1.165, 1.54) is 60.7 Å². The Balaban J connectivity index is 1.14. The molecule has 0 amide bonds. The highest BCUT2D eigenvalue weighted by molar-refractivity contribution is 6.94. The molecule has 0 saturated heterocycles. The predicted molar refractivity (Wildman–Crippen MR) is 324 cm³/mol. The van der Waals surface area contributed by atoms with Gasteiger partial charge in [0.25, 0.3) is 0 Å². The second kappa shape index (κ2) is 15.8. The largest absolute Gasteiger partial charge is 0.455 e. The van der Waals surface area contributed by atoms with E-state index in [0.29, 0.717) is 0 Å². The Morgan fingerprint density at radius 2 is 0.934 bits per heavy atom. The molecule has 0 spiro atoms. The van der Waals surface area contributed by atoms with Crippen LogP contribution in [0.5, 0.6) is 0 Å². The van der Waals surface area contributed by atoms with Crippen LogP contribution in [-0.4, -0.2) is 11.4 Å². The first-order chi connectivity index (χ1) is 36.2. The van der Waals surface area contributed by atoms with E-state index in [1.807, 2.05) is 0 Å². The number of anilines is 5. The van der Waals surface area contributed by atoms with Gasteiger partial charge in [-0.2, -0.15) is 0 Å². The van der Waals surface area contributed by atoms with Gasteiger partial charge in [0.2, 0.25) is 0 Å². The van der Waals surface area contributed by atoms with Crippen LogP contribution in [0, 0.1) is 0 Å². The summed E-state index contributed by atoms with van der Waals surface area (Å²) in [6.07, 6.45) is 0. The standard InChI is InChI=1S/C70H64BN3O2/c1-67(2,3)41-24-29-45(30-25-41)72(46-31-26-42(27-32-46)68(4,5)6)47-33-34-51-58(39-47)74(57-21-17-20-50-48-18-13-15-22-60(48)75-65(50)57)71-55-38-44(70(10,11)12)37-53-52-36-43(69(7,8)9)28-35-56(52)73(64(53)55)59-40-54-49-19-14-16-23-61(49)76-66(54)62(51)63(59)71/h13-40H,1-12H3. The maximum atomic E-state index is 7.23. The summed E-state index contributed by atoms with van der Waals surface area (Å²) in [6.45, 7) is 27.4. The van der Waals surface area contributed by atoms with E-state index in [0.717, 1.165) is 83.4 Å². The third-order valence-electron chi connectivity index (χ3n) is 16.8. The van der Waals surface area contributed by atoms with Gasteiger partial charge >= 0.3 is 6.85 Å². The highest BCUT2D eigenvalue weighted by atomic mass is 16.3. The van der Waals surface area contributed by atoms with E-state index >= 15 is 0 Å². The molecule has 5 heterocycles. The average Bonchev–Trinajstić information content (AvgIpc) is 4.08. The molecule has 0 unspecified atom stereocenters. The van der Waals surface area contributed by atoms with Crippen molar-refractivity contribution in [1.29, 1.82) is 0 Å². The molecule has 12 aromatic rings. The molecule has 5 nitrogen and oxygen atoms in total. The van der Waals surface area contributed by atoms with Crippen molar-refractivity contribution in [3.05, 3.63) is 192 Å². The summed E-state index contributed by atoms with van der Waals surface area (Å²) in [7, 11) is 0. The molecule has 374 valence electrons. The third kappa shape index (κ3) is 6.84. The fraction of sp³-hybridized carbons (Fsp3) is 0.229. The van der Waals surface area contributed by atoms with Crippen molar-refractivity contribution in [2.75, 3.05) is 9.71 Å². The molecule has 76 heavy (non-hydrogen) atoms. The molecule has 0 atom stereocenters. The first kappa shape index (κ1) is 46.6. The van der Waals surface area contributed by atoms with Gasteiger partial charge in [-0.3, -0.25) is 0 Å². The van der Waals surface area contributed by atoms with Gasteiger partial charge in [0.15, 0.2) is 5.58 Å². The number of benzene rings is 9. The molecule has 0 aliphatic carbocycles. The zero-order valence-corrected chi connectivity index (χ0v) is 45.9. The first-order valence-corrected chi connectivity index (χ1v) is 27.2. The van der Waals surface area contributed by atoms with Gasteiger partial charge in [-0.05, 0) is 134 Å². The van der Waals surface area contributed by atoms with Crippen LogP contribution in [-0.2, 0) is 21.7 Å². The van der Waals surface area contributed by atoms with E-state index in [9.17, 15) is 0 Å². The lowest BCUT2D eigenvalue weighted by Gasteiger charge is -2.43. The van der Waals surface area contributed by atoms with E-state index in [-0.39, 0.29) is 28.5 Å². The zero-order valence-electron chi connectivity index (χ0n) is 45.9. The molecular weight excluding hydrogens is 926 g/mol. The number of nitrogens with zero attached hydrogens (tertiary/aromatic N) is 3. The monoisotopic (exact) mass is 990 g/mol. The van der Waals surface area contributed by atoms with Crippen molar-refractivity contribution in [2.24, 2.45) is 0 Å². The minimum atomic E-state index is -0.293. The molecule has 0 bridgehead atoms. The van der Waals surface area contributed by atoms with Crippen molar-refractivity contribution in [2.45, 2.75) is 105 Å². The van der Waals surface area contributed by atoms with Crippen LogP contribution in [0.3, 0.4) is 0 Å². The Kier molecular flexibility index (Phi) is 9.68. The van der Waals surface area contributed by atoms with Crippen molar-refractivity contribution in [1.82, 2.24) is 4.57 Å². The topological polar surface area (TPSA) is 37.7 Å². The normalized spacial score (nSPS) is 13.7. The fourth-order valence-electron chi connectivity index (χ4n) is 12.6. The van der Waals surface area contributed by atoms with Gasteiger partial charge < -0.3 is 23.1 Å². The number of rotatable bonds is 4. The maximum Gasteiger partial charge on any atom is 0.333 e. The lowest BCUT2D eigenvalue weighted by Crippen LogP contribution is -2.61.